The van der Waals surface area contributed by atoms with Gasteiger partial charge in [-0.15, -0.1) is 0 Å². The van der Waals surface area contributed by atoms with Crippen LogP contribution in [0.1, 0.15) is 16.8 Å². The van der Waals surface area contributed by atoms with Gasteiger partial charge >= 0.3 is 6.18 Å². The second-order valence-electron chi connectivity index (χ2n) is 4.57. The van der Waals surface area contributed by atoms with E-state index < -0.39 is 11.7 Å². The van der Waals surface area contributed by atoms with Gasteiger partial charge in [0.15, 0.2) is 0 Å². The third-order valence-electron chi connectivity index (χ3n) is 3.16. The van der Waals surface area contributed by atoms with E-state index in [1.807, 2.05) is 6.92 Å². The summed E-state index contributed by atoms with van der Waals surface area (Å²) in [5, 5.41) is 4.32. The van der Waals surface area contributed by atoms with E-state index in [4.69, 9.17) is 10.5 Å². The molecular weight excluding hydrogens is 283 g/mol. The summed E-state index contributed by atoms with van der Waals surface area (Å²) >= 11 is 0. The third kappa shape index (κ3) is 3.02. The van der Waals surface area contributed by atoms with Crippen molar-refractivity contribution in [3.05, 3.63) is 41.1 Å². The predicted molar refractivity (Wildman–Crippen MR) is 72.6 cm³/mol. The van der Waals surface area contributed by atoms with Crippen LogP contribution in [-0.4, -0.2) is 23.4 Å². The molecule has 2 rings (SSSR count). The number of hydrogen-bond donors (Lipinski definition) is 1. The van der Waals surface area contributed by atoms with Crippen LogP contribution in [0.4, 0.5) is 13.2 Å². The molecule has 0 fully saturated rings. The van der Waals surface area contributed by atoms with E-state index in [0.29, 0.717) is 24.5 Å². The third-order valence-corrected chi connectivity index (χ3v) is 3.16. The Hall–Kier alpha value is -2.02. The second-order valence-corrected chi connectivity index (χ2v) is 4.57. The van der Waals surface area contributed by atoms with E-state index in [0.717, 1.165) is 23.4 Å². The largest absolute Gasteiger partial charge is 0.481 e. The van der Waals surface area contributed by atoms with Gasteiger partial charge < -0.3 is 10.5 Å². The zero-order valence-electron chi connectivity index (χ0n) is 11.7. The van der Waals surface area contributed by atoms with E-state index in [-0.39, 0.29) is 0 Å². The Morgan fingerprint density at radius 2 is 1.86 bits per heavy atom. The van der Waals surface area contributed by atoms with Crippen molar-refractivity contribution < 1.29 is 17.9 Å². The van der Waals surface area contributed by atoms with Crippen LogP contribution in [-0.2, 0) is 12.6 Å². The van der Waals surface area contributed by atoms with Crippen LogP contribution in [0.3, 0.4) is 0 Å². The average Bonchev–Trinajstić information content (AvgIpc) is 2.75. The summed E-state index contributed by atoms with van der Waals surface area (Å²) in [4.78, 5) is 0. The van der Waals surface area contributed by atoms with Crippen LogP contribution in [0, 0.1) is 6.92 Å². The zero-order valence-corrected chi connectivity index (χ0v) is 11.7. The summed E-state index contributed by atoms with van der Waals surface area (Å²) in [7, 11) is 1.50. The van der Waals surface area contributed by atoms with Crippen molar-refractivity contribution in [2.24, 2.45) is 5.73 Å². The van der Waals surface area contributed by atoms with Crippen LogP contribution in [0.15, 0.2) is 24.3 Å². The van der Waals surface area contributed by atoms with Gasteiger partial charge in [0.1, 0.15) is 0 Å². The summed E-state index contributed by atoms with van der Waals surface area (Å²) in [5.74, 6) is 0.498. The van der Waals surface area contributed by atoms with Gasteiger partial charge in [-0.1, -0.05) is 0 Å². The fourth-order valence-corrected chi connectivity index (χ4v) is 2.15. The lowest BCUT2D eigenvalue weighted by Crippen LogP contribution is -2.07. The molecule has 0 aliphatic rings. The highest BCUT2D eigenvalue weighted by Crippen LogP contribution is 2.31. The molecule has 21 heavy (non-hydrogen) atoms. The molecule has 0 saturated carbocycles. The maximum Gasteiger partial charge on any atom is 0.416 e. The molecule has 0 saturated heterocycles. The van der Waals surface area contributed by atoms with Crippen molar-refractivity contribution in [1.82, 2.24) is 9.78 Å². The molecule has 0 atom stereocenters. The van der Waals surface area contributed by atoms with Gasteiger partial charge in [-0.05, 0) is 44.2 Å². The highest BCUT2D eigenvalue weighted by Gasteiger charge is 2.30. The fraction of sp³-hybridized carbons (Fsp3) is 0.357. The Labute approximate surface area is 120 Å². The monoisotopic (exact) mass is 299 g/mol. The lowest BCUT2D eigenvalue weighted by atomic mass is 10.2. The maximum absolute atomic E-state index is 12.6. The highest BCUT2D eigenvalue weighted by molar-refractivity contribution is 5.42. The second kappa shape index (κ2) is 5.77. The minimum Gasteiger partial charge on any atom is -0.481 e. The number of alkyl halides is 3. The Balaban J connectivity index is 2.45. The molecule has 1 heterocycles. The lowest BCUT2D eigenvalue weighted by Gasteiger charge is -2.10. The molecule has 0 bridgehead atoms. The van der Waals surface area contributed by atoms with Gasteiger partial charge in [-0.25, -0.2) is 4.68 Å². The van der Waals surface area contributed by atoms with Gasteiger partial charge in [-0.2, -0.15) is 18.3 Å². The quantitative estimate of drug-likeness (QED) is 0.944. The first kappa shape index (κ1) is 15.4. The molecule has 0 spiro atoms. The number of rotatable bonds is 4. The van der Waals surface area contributed by atoms with Crippen molar-refractivity contribution in [3.8, 4) is 11.6 Å². The Morgan fingerprint density at radius 1 is 1.24 bits per heavy atom. The molecule has 7 heteroatoms. The topological polar surface area (TPSA) is 53.1 Å². The normalized spacial score (nSPS) is 11.7. The SMILES string of the molecule is COc1c(CCN)c(C)nn1-c1ccc(C(F)(F)F)cc1. The molecule has 4 nitrogen and oxygen atoms in total. The molecule has 114 valence electrons. The van der Waals surface area contributed by atoms with E-state index in [9.17, 15) is 13.2 Å². The molecule has 0 aliphatic carbocycles. The number of aryl methyl sites for hydroxylation is 1. The molecule has 2 aromatic rings. The van der Waals surface area contributed by atoms with Gasteiger partial charge in [-0.3, -0.25) is 0 Å². The minimum absolute atomic E-state index is 0.440. The van der Waals surface area contributed by atoms with E-state index in [1.165, 1.54) is 23.9 Å². The summed E-state index contributed by atoms with van der Waals surface area (Å²) < 4.78 is 44.5. The van der Waals surface area contributed by atoms with Gasteiger partial charge in [0, 0.05) is 5.56 Å². The number of hydrogen-bond acceptors (Lipinski definition) is 3. The maximum atomic E-state index is 12.6. The van der Waals surface area contributed by atoms with Gasteiger partial charge in [0.25, 0.3) is 0 Å². The number of nitrogens with two attached hydrogens (primary N) is 1. The highest BCUT2D eigenvalue weighted by atomic mass is 19.4. The summed E-state index contributed by atoms with van der Waals surface area (Å²) in [5.41, 5.74) is 6.97. The van der Waals surface area contributed by atoms with Crippen molar-refractivity contribution in [2.45, 2.75) is 19.5 Å². The van der Waals surface area contributed by atoms with Crippen LogP contribution in [0.2, 0.25) is 0 Å². The minimum atomic E-state index is -4.35. The van der Waals surface area contributed by atoms with Gasteiger partial charge in [0.05, 0.1) is 24.1 Å². The van der Waals surface area contributed by atoms with E-state index in [2.05, 4.69) is 5.10 Å². The number of aromatic nitrogens is 2. The molecule has 1 aromatic heterocycles. The van der Waals surface area contributed by atoms with Crippen molar-refractivity contribution in [3.63, 3.8) is 0 Å². The number of benzene rings is 1. The summed E-state index contributed by atoms with van der Waals surface area (Å²) in [6, 6.07) is 4.77. The molecule has 0 amide bonds. The van der Waals surface area contributed by atoms with Crippen molar-refractivity contribution >= 4 is 0 Å². The van der Waals surface area contributed by atoms with Crippen LogP contribution in [0.5, 0.6) is 5.88 Å². The summed E-state index contributed by atoms with van der Waals surface area (Å²) in [6.07, 6.45) is -3.76. The Bertz CT molecular complexity index is 618. The molecule has 1 aromatic carbocycles. The lowest BCUT2D eigenvalue weighted by molar-refractivity contribution is -0.137. The molecular formula is C14H16F3N3O. The van der Waals surface area contributed by atoms with Crippen LogP contribution in [0.25, 0.3) is 5.69 Å². The van der Waals surface area contributed by atoms with E-state index in [1.54, 1.807) is 0 Å². The van der Waals surface area contributed by atoms with Crippen LogP contribution < -0.4 is 10.5 Å². The Kier molecular flexibility index (Phi) is 4.22. The van der Waals surface area contributed by atoms with Crippen molar-refractivity contribution in [2.75, 3.05) is 13.7 Å². The zero-order chi connectivity index (χ0) is 15.6. The smallest absolute Gasteiger partial charge is 0.416 e. The van der Waals surface area contributed by atoms with Crippen LogP contribution >= 0.6 is 0 Å². The molecule has 0 radical (unpaired) electrons. The summed E-state index contributed by atoms with van der Waals surface area (Å²) in [6.45, 7) is 2.25. The molecule has 0 unspecified atom stereocenters. The number of halogens is 3. The molecule has 0 aliphatic heterocycles. The van der Waals surface area contributed by atoms with E-state index >= 15 is 0 Å². The van der Waals surface area contributed by atoms with Crippen molar-refractivity contribution in [1.29, 1.82) is 0 Å². The molecule has 2 N–H and O–H groups in total. The van der Waals surface area contributed by atoms with Gasteiger partial charge in [0.2, 0.25) is 5.88 Å². The number of methoxy groups -OCH3 is 1. The first-order valence-corrected chi connectivity index (χ1v) is 6.38. The first-order chi connectivity index (χ1) is 9.88. The Morgan fingerprint density at radius 3 is 2.33 bits per heavy atom. The average molecular weight is 299 g/mol. The number of nitrogens with zero attached hydrogens (tertiary/aromatic N) is 2. The first-order valence-electron chi connectivity index (χ1n) is 6.38. The fourth-order valence-electron chi connectivity index (χ4n) is 2.15. The number of ether oxygens (including phenoxy) is 1. The predicted octanol–water partition coefficient (Wildman–Crippen LogP) is 2.71. The standard InChI is InChI=1S/C14H16F3N3O/c1-9-12(7-8-18)13(21-2)20(19-9)11-5-3-10(4-6-11)14(15,16)17/h3-6H,7-8,18H2,1-2H3.